The average Bonchev–Trinajstić information content (AvgIpc) is 3.13. The minimum absolute atomic E-state index is 0.00981. The van der Waals surface area contributed by atoms with E-state index in [0.29, 0.717) is 6.42 Å². The number of carbonyl (C=O) groups excluding carboxylic acids is 2. The molecule has 2 aromatic carbocycles. The van der Waals surface area contributed by atoms with Gasteiger partial charge in [0.25, 0.3) is 0 Å². The van der Waals surface area contributed by atoms with Gasteiger partial charge in [0, 0.05) is 12.3 Å². The summed E-state index contributed by atoms with van der Waals surface area (Å²) < 4.78 is 45.2. The van der Waals surface area contributed by atoms with Crippen molar-refractivity contribution in [3.63, 3.8) is 0 Å². The molecule has 0 saturated heterocycles. The van der Waals surface area contributed by atoms with E-state index >= 15 is 0 Å². The lowest BCUT2D eigenvalue weighted by Crippen LogP contribution is -2.53. The molecule has 0 spiro atoms. The number of alkyl carbamates (subject to hydrolysis) is 1. The van der Waals surface area contributed by atoms with Crippen LogP contribution >= 0.6 is 0 Å². The van der Waals surface area contributed by atoms with Gasteiger partial charge in [-0.2, -0.15) is 13.2 Å². The number of rotatable bonds is 10. The fraction of sp³-hybridized carbons (Fsp3) is 0.400. The molecule has 0 aromatic heterocycles. The molecule has 2 atom stereocenters. The lowest BCUT2D eigenvalue weighted by atomic mass is 9.98. The molecule has 2 amide bonds. The number of alkyl halides is 3. The van der Waals surface area contributed by atoms with Crippen LogP contribution in [0, 0.1) is 0 Å². The van der Waals surface area contributed by atoms with Gasteiger partial charge in [-0.15, -0.1) is 0 Å². The van der Waals surface area contributed by atoms with Crippen LogP contribution < -0.4 is 10.6 Å². The van der Waals surface area contributed by atoms with E-state index in [1.54, 1.807) is 6.92 Å². The Labute approximate surface area is 200 Å². The Kier molecular flexibility index (Phi) is 8.37. The first-order chi connectivity index (χ1) is 16.6. The second-order valence-electron chi connectivity index (χ2n) is 8.35. The molecule has 1 unspecified atom stereocenters. The molecular formula is C25H27F3N2O5. The van der Waals surface area contributed by atoms with Crippen LogP contribution in [0.5, 0.6) is 0 Å². The SMILES string of the molecule is CCCC(NC(=O)OCC1c2ccccc2-c2ccccc21)C(=O)N[C@@H](CCC(=O)O)C(F)(F)F. The molecule has 0 saturated carbocycles. The number of carboxylic acids is 1. The van der Waals surface area contributed by atoms with Gasteiger partial charge in [-0.3, -0.25) is 9.59 Å². The van der Waals surface area contributed by atoms with Crippen molar-refractivity contribution < 1.29 is 37.4 Å². The number of ether oxygens (including phenoxy) is 1. The quantitative estimate of drug-likeness (QED) is 0.450. The van der Waals surface area contributed by atoms with E-state index in [-0.39, 0.29) is 18.9 Å². The Balaban J connectivity index is 1.64. The Morgan fingerprint density at radius 3 is 2.06 bits per heavy atom. The molecule has 35 heavy (non-hydrogen) atoms. The van der Waals surface area contributed by atoms with Gasteiger partial charge in [-0.1, -0.05) is 61.9 Å². The monoisotopic (exact) mass is 492 g/mol. The molecule has 10 heteroatoms. The molecule has 7 nitrogen and oxygen atoms in total. The first-order valence-corrected chi connectivity index (χ1v) is 11.3. The summed E-state index contributed by atoms with van der Waals surface area (Å²) in [5.41, 5.74) is 4.08. The molecule has 3 N–H and O–H groups in total. The normalized spacial score (nSPS) is 14.4. The number of hydrogen-bond donors (Lipinski definition) is 3. The maximum Gasteiger partial charge on any atom is 0.408 e. The molecule has 1 aliphatic carbocycles. The van der Waals surface area contributed by atoms with Crippen LogP contribution in [0.15, 0.2) is 48.5 Å². The standard InChI is InChI=1S/C25H27F3N2O5/c1-2-7-20(23(33)30-21(25(26,27)28)12-13-22(31)32)29-24(34)35-14-19-17-10-5-3-8-15(17)16-9-4-6-11-18(16)19/h3-6,8-11,19-21H,2,7,12-14H2,1H3,(H,29,34)(H,30,33)(H,31,32)/t20?,21-/m0/s1. The smallest absolute Gasteiger partial charge is 0.408 e. The van der Waals surface area contributed by atoms with Crippen LogP contribution in [-0.2, 0) is 14.3 Å². The van der Waals surface area contributed by atoms with Crippen molar-refractivity contribution in [3.05, 3.63) is 59.7 Å². The van der Waals surface area contributed by atoms with Crippen molar-refractivity contribution in [1.82, 2.24) is 10.6 Å². The third-order valence-electron chi connectivity index (χ3n) is 5.89. The van der Waals surface area contributed by atoms with Gasteiger partial charge in [-0.25, -0.2) is 4.79 Å². The highest BCUT2D eigenvalue weighted by Gasteiger charge is 2.41. The van der Waals surface area contributed by atoms with Crippen LogP contribution in [-0.4, -0.2) is 47.9 Å². The van der Waals surface area contributed by atoms with E-state index in [9.17, 15) is 27.6 Å². The van der Waals surface area contributed by atoms with Crippen LogP contribution in [0.1, 0.15) is 49.7 Å². The number of carboxylic acid groups (broad SMARTS) is 1. The molecule has 1 aliphatic rings. The minimum Gasteiger partial charge on any atom is -0.481 e. The van der Waals surface area contributed by atoms with Crippen molar-refractivity contribution >= 4 is 18.0 Å². The number of benzene rings is 2. The van der Waals surface area contributed by atoms with Crippen LogP contribution in [0.2, 0.25) is 0 Å². The van der Waals surface area contributed by atoms with E-state index in [1.165, 1.54) is 0 Å². The molecule has 0 radical (unpaired) electrons. The van der Waals surface area contributed by atoms with E-state index in [0.717, 1.165) is 22.3 Å². The van der Waals surface area contributed by atoms with Gasteiger partial charge in [-0.05, 0) is 35.1 Å². The van der Waals surface area contributed by atoms with Gasteiger partial charge in [0.1, 0.15) is 18.7 Å². The Morgan fingerprint density at radius 1 is 0.971 bits per heavy atom. The summed E-state index contributed by atoms with van der Waals surface area (Å²) in [6, 6.07) is 11.9. The topological polar surface area (TPSA) is 105 Å². The van der Waals surface area contributed by atoms with Crippen molar-refractivity contribution in [2.75, 3.05) is 6.61 Å². The number of halogens is 3. The fourth-order valence-corrected chi connectivity index (χ4v) is 4.20. The molecule has 0 bridgehead atoms. The third kappa shape index (κ3) is 6.52. The van der Waals surface area contributed by atoms with Crippen molar-refractivity contribution in [2.24, 2.45) is 0 Å². The summed E-state index contributed by atoms with van der Waals surface area (Å²) >= 11 is 0. The largest absolute Gasteiger partial charge is 0.481 e. The Morgan fingerprint density at radius 2 is 1.54 bits per heavy atom. The zero-order valence-electron chi connectivity index (χ0n) is 19.1. The van der Waals surface area contributed by atoms with E-state index < -0.39 is 49.1 Å². The lowest BCUT2D eigenvalue weighted by molar-refractivity contribution is -0.165. The summed E-state index contributed by atoms with van der Waals surface area (Å²) in [4.78, 5) is 35.7. The van der Waals surface area contributed by atoms with Crippen molar-refractivity contribution in [1.29, 1.82) is 0 Å². The highest BCUT2D eigenvalue weighted by Crippen LogP contribution is 2.44. The first kappa shape index (κ1) is 26.1. The number of fused-ring (bicyclic) bond motifs is 3. The number of carbonyl (C=O) groups is 3. The maximum absolute atomic E-state index is 13.3. The highest BCUT2D eigenvalue weighted by molar-refractivity contribution is 5.86. The Hall–Kier alpha value is -3.56. The summed E-state index contributed by atoms with van der Waals surface area (Å²) in [6.07, 6.45) is -6.83. The molecular weight excluding hydrogens is 465 g/mol. The minimum atomic E-state index is -4.83. The van der Waals surface area contributed by atoms with Gasteiger partial charge in [0.05, 0.1) is 0 Å². The van der Waals surface area contributed by atoms with Gasteiger partial charge >= 0.3 is 18.2 Å². The second kappa shape index (κ2) is 11.2. The van der Waals surface area contributed by atoms with E-state index in [1.807, 2.05) is 53.8 Å². The Bertz CT molecular complexity index is 1030. The van der Waals surface area contributed by atoms with Gasteiger partial charge in [0.15, 0.2) is 0 Å². The summed E-state index contributed by atoms with van der Waals surface area (Å²) in [5.74, 6) is -2.67. The lowest BCUT2D eigenvalue weighted by Gasteiger charge is -2.25. The van der Waals surface area contributed by atoms with Gasteiger partial charge in [0.2, 0.25) is 5.91 Å². The zero-order valence-corrected chi connectivity index (χ0v) is 19.1. The second-order valence-corrected chi connectivity index (χ2v) is 8.35. The third-order valence-corrected chi connectivity index (χ3v) is 5.89. The number of nitrogens with one attached hydrogen (secondary N) is 2. The van der Waals surface area contributed by atoms with E-state index in [2.05, 4.69) is 5.32 Å². The maximum atomic E-state index is 13.3. The zero-order chi connectivity index (χ0) is 25.6. The summed E-state index contributed by atoms with van der Waals surface area (Å²) in [6.45, 7) is 1.70. The predicted molar refractivity (Wildman–Crippen MR) is 122 cm³/mol. The van der Waals surface area contributed by atoms with E-state index in [4.69, 9.17) is 9.84 Å². The predicted octanol–water partition coefficient (Wildman–Crippen LogP) is 4.61. The van der Waals surface area contributed by atoms with Crippen LogP contribution in [0.4, 0.5) is 18.0 Å². The number of amides is 2. The molecule has 0 heterocycles. The fourth-order valence-electron chi connectivity index (χ4n) is 4.20. The average molecular weight is 492 g/mol. The summed E-state index contributed by atoms with van der Waals surface area (Å²) in [5, 5.41) is 12.9. The summed E-state index contributed by atoms with van der Waals surface area (Å²) in [7, 11) is 0. The number of hydrogen-bond acceptors (Lipinski definition) is 4. The first-order valence-electron chi connectivity index (χ1n) is 11.3. The van der Waals surface area contributed by atoms with Crippen LogP contribution in [0.3, 0.4) is 0 Å². The molecule has 188 valence electrons. The van der Waals surface area contributed by atoms with Crippen LogP contribution in [0.25, 0.3) is 11.1 Å². The molecule has 0 aliphatic heterocycles. The highest BCUT2D eigenvalue weighted by atomic mass is 19.4. The van der Waals surface area contributed by atoms with Gasteiger partial charge < -0.3 is 20.5 Å². The molecule has 2 aromatic rings. The number of aliphatic carboxylic acids is 1. The van der Waals surface area contributed by atoms with Crippen molar-refractivity contribution in [3.8, 4) is 11.1 Å². The molecule has 3 rings (SSSR count). The van der Waals surface area contributed by atoms with Crippen molar-refractivity contribution in [2.45, 2.75) is 56.8 Å². The molecule has 0 fully saturated rings.